The zero-order chi connectivity index (χ0) is 12.8. The molecule has 0 saturated heterocycles. The second-order valence-electron chi connectivity index (χ2n) is 3.42. The number of nitrogens with one attached hydrogen (secondary N) is 1. The van der Waals surface area contributed by atoms with Crippen molar-refractivity contribution in [2.75, 3.05) is 26.8 Å². The van der Waals surface area contributed by atoms with E-state index in [1.807, 2.05) is 0 Å². The number of nitrogens with zero attached hydrogens (tertiary/aromatic N) is 1. The SMILES string of the molecule is COCCNS(=O)(=O)N(CC(=O)O)C(C)C. The third-order valence-corrected chi connectivity index (χ3v) is 3.50. The van der Waals surface area contributed by atoms with Crippen molar-refractivity contribution in [2.45, 2.75) is 19.9 Å². The average molecular weight is 254 g/mol. The number of ether oxygens (including phenoxy) is 1. The van der Waals surface area contributed by atoms with E-state index >= 15 is 0 Å². The summed E-state index contributed by atoms with van der Waals surface area (Å²) in [6, 6.07) is -0.420. The van der Waals surface area contributed by atoms with Crippen molar-refractivity contribution in [3.63, 3.8) is 0 Å². The van der Waals surface area contributed by atoms with Crippen LogP contribution in [0.3, 0.4) is 0 Å². The third kappa shape index (κ3) is 5.40. The molecule has 0 aliphatic carbocycles. The lowest BCUT2D eigenvalue weighted by molar-refractivity contribution is -0.137. The van der Waals surface area contributed by atoms with Crippen molar-refractivity contribution in [2.24, 2.45) is 0 Å². The molecule has 0 aromatic carbocycles. The Kier molecular flexibility index (Phi) is 6.49. The molecule has 0 radical (unpaired) electrons. The number of aliphatic carboxylic acids is 1. The van der Waals surface area contributed by atoms with E-state index in [0.717, 1.165) is 4.31 Å². The minimum Gasteiger partial charge on any atom is -0.480 e. The number of hydrogen-bond acceptors (Lipinski definition) is 4. The van der Waals surface area contributed by atoms with Gasteiger partial charge in [-0.05, 0) is 13.8 Å². The van der Waals surface area contributed by atoms with Crippen LogP contribution in [0.1, 0.15) is 13.8 Å². The normalized spacial score (nSPS) is 12.3. The summed E-state index contributed by atoms with van der Waals surface area (Å²) >= 11 is 0. The molecular weight excluding hydrogens is 236 g/mol. The summed E-state index contributed by atoms with van der Waals surface area (Å²) in [6.07, 6.45) is 0. The first-order chi connectivity index (χ1) is 7.31. The van der Waals surface area contributed by atoms with Gasteiger partial charge in [-0.15, -0.1) is 0 Å². The molecular formula is C8H18N2O5S. The molecule has 0 amide bonds. The lowest BCUT2D eigenvalue weighted by atomic mass is 10.4. The number of methoxy groups -OCH3 is 1. The van der Waals surface area contributed by atoms with E-state index in [-0.39, 0.29) is 13.2 Å². The topological polar surface area (TPSA) is 95.9 Å². The predicted molar refractivity (Wildman–Crippen MR) is 58.3 cm³/mol. The molecule has 0 aromatic heterocycles. The Hall–Kier alpha value is -0.700. The van der Waals surface area contributed by atoms with Crippen molar-refractivity contribution < 1.29 is 23.1 Å². The van der Waals surface area contributed by atoms with Gasteiger partial charge in [0.15, 0.2) is 0 Å². The van der Waals surface area contributed by atoms with Crippen LogP contribution in [0.4, 0.5) is 0 Å². The highest BCUT2D eigenvalue weighted by Crippen LogP contribution is 2.04. The summed E-state index contributed by atoms with van der Waals surface area (Å²) in [5.74, 6) is -1.19. The summed E-state index contributed by atoms with van der Waals surface area (Å²) < 4.78 is 31.2. The van der Waals surface area contributed by atoms with Gasteiger partial charge in [-0.25, -0.2) is 0 Å². The van der Waals surface area contributed by atoms with Crippen LogP contribution in [-0.4, -0.2) is 56.6 Å². The van der Waals surface area contributed by atoms with Gasteiger partial charge in [0.05, 0.1) is 6.61 Å². The highest BCUT2D eigenvalue weighted by atomic mass is 32.2. The van der Waals surface area contributed by atoms with E-state index in [1.54, 1.807) is 13.8 Å². The average Bonchev–Trinajstić information content (AvgIpc) is 2.13. The van der Waals surface area contributed by atoms with E-state index in [4.69, 9.17) is 9.84 Å². The highest BCUT2D eigenvalue weighted by molar-refractivity contribution is 7.87. The number of carboxylic acid groups (broad SMARTS) is 1. The zero-order valence-corrected chi connectivity index (χ0v) is 10.5. The van der Waals surface area contributed by atoms with Crippen LogP contribution in [-0.2, 0) is 19.7 Å². The summed E-state index contributed by atoms with van der Waals surface area (Å²) in [5, 5.41) is 8.61. The van der Waals surface area contributed by atoms with Crippen molar-refractivity contribution >= 4 is 16.2 Å². The third-order valence-electron chi connectivity index (χ3n) is 1.77. The van der Waals surface area contributed by atoms with Gasteiger partial charge in [-0.2, -0.15) is 17.4 Å². The molecule has 0 bridgehead atoms. The van der Waals surface area contributed by atoms with Crippen LogP contribution >= 0.6 is 0 Å². The lowest BCUT2D eigenvalue weighted by Crippen LogP contribution is -2.47. The van der Waals surface area contributed by atoms with Gasteiger partial charge in [0.25, 0.3) is 10.2 Å². The molecule has 0 unspecified atom stereocenters. The molecule has 96 valence electrons. The second kappa shape index (κ2) is 6.79. The molecule has 0 heterocycles. The Morgan fingerprint density at radius 1 is 1.50 bits per heavy atom. The largest absolute Gasteiger partial charge is 0.480 e. The van der Waals surface area contributed by atoms with Gasteiger partial charge in [0.2, 0.25) is 0 Å². The summed E-state index contributed by atoms with van der Waals surface area (Å²) in [4.78, 5) is 10.5. The maximum absolute atomic E-state index is 11.7. The molecule has 2 N–H and O–H groups in total. The fourth-order valence-corrected chi connectivity index (χ4v) is 2.38. The summed E-state index contributed by atoms with van der Waals surface area (Å²) in [7, 11) is -2.32. The van der Waals surface area contributed by atoms with Crippen LogP contribution in [0.2, 0.25) is 0 Å². The van der Waals surface area contributed by atoms with E-state index in [2.05, 4.69) is 4.72 Å². The van der Waals surface area contributed by atoms with Crippen molar-refractivity contribution in [1.82, 2.24) is 9.03 Å². The first-order valence-corrected chi connectivity index (χ1v) is 6.22. The first kappa shape index (κ1) is 15.3. The summed E-state index contributed by atoms with van der Waals surface area (Å²) in [6.45, 7) is 3.01. The van der Waals surface area contributed by atoms with Gasteiger partial charge in [-0.3, -0.25) is 4.79 Å². The maximum Gasteiger partial charge on any atom is 0.318 e. The Bertz CT molecular complexity index is 314. The van der Waals surface area contributed by atoms with Crippen LogP contribution in [0.15, 0.2) is 0 Å². The van der Waals surface area contributed by atoms with E-state index in [9.17, 15) is 13.2 Å². The molecule has 0 saturated carbocycles. The lowest BCUT2D eigenvalue weighted by Gasteiger charge is -2.24. The molecule has 0 fully saturated rings. The van der Waals surface area contributed by atoms with Crippen molar-refractivity contribution in [1.29, 1.82) is 0 Å². The minimum absolute atomic E-state index is 0.113. The Morgan fingerprint density at radius 3 is 2.44 bits per heavy atom. The van der Waals surface area contributed by atoms with Gasteiger partial charge in [0.1, 0.15) is 6.54 Å². The van der Waals surface area contributed by atoms with Crippen LogP contribution < -0.4 is 4.72 Å². The van der Waals surface area contributed by atoms with Crippen molar-refractivity contribution in [3.05, 3.63) is 0 Å². The Labute approximate surface area is 95.6 Å². The fraction of sp³-hybridized carbons (Fsp3) is 0.875. The monoisotopic (exact) mass is 254 g/mol. The van der Waals surface area contributed by atoms with E-state index < -0.39 is 28.8 Å². The number of hydrogen-bond donors (Lipinski definition) is 2. The standard InChI is InChI=1S/C8H18N2O5S/c1-7(2)10(6-8(11)12)16(13,14)9-4-5-15-3/h7,9H,4-6H2,1-3H3,(H,11,12). The Morgan fingerprint density at radius 2 is 2.06 bits per heavy atom. The van der Waals surface area contributed by atoms with Gasteiger partial charge in [-0.1, -0.05) is 0 Å². The second-order valence-corrected chi connectivity index (χ2v) is 5.13. The molecule has 8 heteroatoms. The molecule has 0 spiro atoms. The molecule has 16 heavy (non-hydrogen) atoms. The number of carboxylic acids is 1. The van der Waals surface area contributed by atoms with Gasteiger partial charge < -0.3 is 9.84 Å². The number of rotatable bonds is 8. The number of carbonyl (C=O) groups is 1. The zero-order valence-electron chi connectivity index (χ0n) is 9.63. The van der Waals surface area contributed by atoms with Gasteiger partial charge >= 0.3 is 5.97 Å². The van der Waals surface area contributed by atoms with E-state index in [1.165, 1.54) is 7.11 Å². The van der Waals surface area contributed by atoms with Crippen LogP contribution in [0.25, 0.3) is 0 Å². The summed E-state index contributed by atoms with van der Waals surface area (Å²) in [5.41, 5.74) is 0. The molecule has 0 aliphatic heterocycles. The van der Waals surface area contributed by atoms with Crippen molar-refractivity contribution in [3.8, 4) is 0 Å². The first-order valence-electron chi connectivity index (χ1n) is 4.78. The smallest absolute Gasteiger partial charge is 0.318 e. The molecule has 0 atom stereocenters. The van der Waals surface area contributed by atoms with E-state index in [0.29, 0.717) is 0 Å². The van der Waals surface area contributed by atoms with Crippen LogP contribution in [0.5, 0.6) is 0 Å². The molecule has 0 aromatic rings. The highest BCUT2D eigenvalue weighted by Gasteiger charge is 2.26. The molecule has 7 nitrogen and oxygen atoms in total. The Balaban J connectivity index is 4.57. The maximum atomic E-state index is 11.7. The van der Waals surface area contributed by atoms with Gasteiger partial charge in [0, 0.05) is 19.7 Å². The minimum atomic E-state index is -3.77. The molecule has 0 rings (SSSR count). The quantitative estimate of drug-likeness (QED) is 0.556. The fourth-order valence-electron chi connectivity index (χ4n) is 1.03. The predicted octanol–water partition coefficient (Wildman–Crippen LogP) is -0.738. The molecule has 0 aliphatic rings. The van der Waals surface area contributed by atoms with Crippen LogP contribution in [0, 0.1) is 0 Å².